The van der Waals surface area contributed by atoms with Crippen LogP contribution in [0.3, 0.4) is 0 Å². The van der Waals surface area contributed by atoms with Gasteiger partial charge in [0.05, 0.1) is 26.4 Å². The number of para-hydroxylation sites is 1. The number of methoxy groups -OCH3 is 1. The van der Waals surface area contributed by atoms with Gasteiger partial charge >= 0.3 is 0 Å². The predicted octanol–water partition coefficient (Wildman–Crippen LogP) is 3.23. The average Bonchev–Trinajstić information content (AvgIpc) is 3.52. The quantitative estimate of drug-likeness (QED) is 0.213. The topological polar surface area (TPSA) is 147 Å². The molecule has 3 aliphatic carbocycles. The van der Waals surface area contributed by atoms with Crippen LogP contribution in [0.5, 0.6) is 5.75 Å². The van der Waals surface area contributed by atoms with Gasteiger partial charge < -0.3 is 40.3 Å². The number of hydrogen-bond acceptors (Lipinski definition) is 10. The highest BCUT2D eigenvalue weighted by Crippen LogP contribution is 2.61. The van der Waals surface area contributed by atoms with E-state index in [-0.39, 0.29) is 42.3 Å². The number of aliphatic hydroxyl groups excluding tert-OH is 2. The molecule has 304 valence electrons. The number of amides is 3. The molecular weight excluding hydrogens is 700 g/mol. The molecule has 3 amide bonds. The molecule has 6 rings (SSSR count). The molecule has 4 N–H and O–H groups in total. The fourth-order valence-electron chi connectivity index (χ4n) is 9.20. The molecule has 2 aromatic carbocycles. The van der Waals surface area contributed by atoms with Crippen LogP contribution in [0.25, 0.3) is 11.1 Å². The lowest BCUT2D eigenvalue weighted by molar-refractivity contribution is -0.183. The number of nitrogens with one attached hydrogen (secondary N) is 2. The van der Waals surface area contributed by atoms with Crippen LogP contribution in [-0.4, -0.2) is 135 Å². The number of anilines is 1. The molecule has 2 aromatic rings. The molecule has 13 heteroatoms. The normalized spacial score (nSPS) is 26.8. The van der Waals surface area contributed by atoms with Crippen molar-refractivity contribution < 1.29 is 34.2 Å². The van der Waals surface area contributed by atoms with Gasteiger partial charge in [-0.2, -0.15) is 5.06 Å². The largest absolute Gasteiger partial charge is 0.496 e. The maximum atomic E-state index is 14.3. The van der Waals surface area contributed by atoms with E-state index in [1.54, 1.807) is 43.2 Å². The summed E-state index contributed by atoms with van der Waals surface area (Å²) in [5.41, 5.74) is 3.58. The van der Waals surface area contributed by atoms with Gasteiger partial charge in [-0.3, -0.25) is 19.2 Å². The zero-order valence-electron chi connectivity index (χ0n) is 34.6. The minimum atomic E-state index is -0.921. The van der Waals surface area contributed by atoms with Crippen molar-refractivity contribution in [1.29, 1.82) is 0 Å². The van der Waals surface area contributed by atoms with Gasteiger partial charge in [-0.25, -0.2) is 0 Å². The molecule has 1 aliphatic heterocycles. The number of nitrogens with zero attached hydrogens (tertiary/aromatic N) is 4. The summed E-state index contributed by atoms with van der Waals surface area (Å²) in [5, 5.41) is 29.2. The third-order valence-electron chi connectivity index (χ3n) is 12.7. The molecule has 3 saturated carbocycles. The SMILES string of the molecule is CCN(C)C(=O)[C@@H](CN(C)C)NC(=O)c1cc(-c2cccc(CN3O[C@@H](CO)[C@@H]([C@H](C)O)[C@H]3C(=O)N[C@H]3C[C@H]4C[C@@H]([C@@H]3C)C4(C)C)c2OC)cc(N(C)C)c1. The van der Waals surface area contributed by atoms with Gasteiger partial charge in [-0.15, -0.1) is 0 Å². The Balaban J connectivity index is 1.46. The Kier molecular flexibility index (Phi) is 13.2. The van der Waals surface area contributed by atoms with Crippen LogP contribution in [-0.2, 0) is 21.0 Å². The summed E-state index contributed by atoms with van der Waals surface area (Å²) in [6.07, 6.45) is 0.404. The predicted molar refractivity (Wildman–Crippen MR) is 213 cm³/mol. The molecule has 4 fully saturated rings. The van der Waals surface area contributed by atoms with Gasteiger partial charge in [-0.1, -0.05) is 39.0 Å². The number of ether oxygens (including phenoxy) is 1. The number of carbonyl (C=O) groups is 3. The minimum Gasteiger partial charge on any atom is -0.496 e. The van der Waals surface area contributed by atoms with Crippen LogP contribution in [0, 0.1) is 29.1 Å². The van der Waals surface area contributed by atoms with Crippen molar-refractivity contribution >= 4 is 23.4 Å². The van der Waals surface area contributed by atoms with Gasteiger partial charge in [0.15, 0.2) is 0 Å². The molecule has 0 radical (unpaired) electrons. The van der Waals surface area contributed by atoms with Gasteiger partial charge in [0, 0.05) is 68.6 Å². The lowest BCUT2D eigenvalue weighted by atomic mass is 9.45. The summed E-state index contributed by atoms with van der Waals surface area (Å²) in [6.45, 7) is 11.0. The lowest BCUT2D eigenvalue weighted by Gasteiger charge is -2.62. The standard InChI is InChI=1S/C42H64N6O7/c1-12-47(10)41(53)34(22-45(6)7)44-39(51)28-16-27(17-30(18-28)46(8)9)31-15-13-14-26(38(31)54-11)21-48-37(36(25(3)50)35(23-49)55-48)40(52)43-33-20-29-19-32(24(33)2)42(29,4)5/h13-18,24-25,29,32-37,49-50H,12,19-23H2,1-11H3,(H,43,52)(H,44,51)/t24-,25-,29+,32-,33-,34+,35-,36+,37-/m0/s1. The fourth-order valence-corrected chi connectivity index (χ4v) is 9.20. The van der Waals surface area contributed by atoms with Crippen LogP contribution in [0.4, 0.5) is 5.69 Å². The average molecular weight is 765 g/mol. The smallest absolute Gasteiger partial charge is 0.252 e. The molecule has 2 bridgehead atoms. The summed E-state index contributed by atoms with van der Waals surface area (Å²) < 4.78 is 6.06. The van der Waals surface area contributed by atoms with Gasteiger partial charge in [0.1, 0.15) is 23.9 Å². The van der Waals surface area contributed by atoms with Crippen molar-refractivity contribution in [1.82, 2.24) is 25.5 Å². The Morgan fingerprint density at radius 3 is 2.36 bits per heavy atom. The highest BCUT2D eigenvalue weighted by molar-refractivity contribution is 6.00. The summed E-state index contributed by atoms with van der Waals surface area (Å²) in [4.78, 5) is 53.0. The van der Waals surface area contributed by atoms with E-state index in [0.29, 0.717) is 47.7 Å². The summed E-state index contributed by atoms with van der Waals surface area (Å²) >= 11 is 0. The van der Waals surface area contributed by atoms with Crippen LogP contribution in [0.1, 0.15) is 63.4 Å². The number of fused-ring (bicyclic) bond motifs is 2. The number of likely N-dealkylation sites (N-methyl/N-ethyl adjacent to an activating group) is 2. The zero-order valence-corrected chi connectivity index (χ0v) is 34.6. The van der Waals surface area contributed by atoms with E-state index < -0.39 is 30.2 Å². The Hall–Kier alpha value is -3.75. The van der Waals surface area contributed by atoms with E-state index in [0.717, 1.165) is 23.2 Å². The maximum Gasteiger partial charge on any atom is 0.252 e. The molecule has 1 saturated heterocycles. The van der Waals surface area contributed by atoms with Crippen LogP contribution < -0.4 is 20.3 Å². The highest BCUT2D eigenvalue weighted by atomic mass is 16.7. The highest BCUT2D eigenvalue weighted by Gasteiger charge is 2.57. The zero-order chi connectivity index (χ0) is 40.5. The van der Waals surface area contributed by atoms with Crippen LogP contribution >= 0.6 is 0 Å². The summed E-state index contributed by atoms with van der Waals surface area (Å²) in [5.74, 6) is 0.506. The third kappa shape index (κ3) is 8.66. The number of benzene rings is 2. The van der Waals surface area contributed by atoms with E-state index in [1.165, 1.54) is 6.42 Å². The van der Waals surface area contributed by atoms with Gasteiger partial charge in [0.25, 0.3) is 5.91 Å². The van der Waals surface area contributed by atoms with Crippen molar-refractivity contribution in [2.75, 3.05) is 66.9 Å². The third-order valence-corrected chi connectivity index (χ3v) is 12.7. The Morgan fingerprint density at radius 1 is 1.09 bits per heavy atom. The van der Waals surface area contributed by atoms with Crippen LogP contribution in [0.15, 0.2) is 36.4 Å². The first kappa shape index (κ1) is 42.4. The summed E-state index contributed by atoms with van der Waals surface area (Å²) in [7, 11) is 10.8. The van der Waals surface area contributed by atoms with Crippen molar-refractivity contribution in [3.8, 4) is 16.9 Å². The molecule has 1 heterocycles. The van der Waals surface area contributed by atoms with Crippen LogP contribution in [0.2, 0.25) is 0 Å². The second kappa shape index (κ2) is 17.2. The Morgan fingerprint density at radius 2 is 1.80 bits per heavy atom. The van der Waals surface area contributed by atoms with E-state index in [4.69, 9.17) is 9.57 Å². The molecule has 55 heavy (non-hydrogen) atoms. The van der Waals surface area contributed by atoms with Crippen molar-refractivity contribution in [3.63, 3.8) is 0 Å². The number of rotatable bonds is 15. The summed E-state index contributed by atoms with van der Waals surface area (Å²) in [6, 6.07) is 9.66. The molecular formula is C42H64N6O7. The lowest BCUT2D eigenvalue weighted by Crippen LogP contribution is -2.62. The van der Waals surface area contributed by atoms with E-state index in [9.17, 15) is 24.6 Å². The van der Waals surface area contributed by atoms with Gasteiger partial charge in [-0.05, 0) is 87.7 Å². The molecule has 4 aliphatic rings. The number of hydroxylamine groups is 2. The second-order valence-corrected chi connectivity index (χ2v) is 17.0. The second-order valence-electron chi connectivity index (χ2n) is 17.0. The number of hydrogen-bond donors (Lipinski definition) is 4. The Bertz CT molecular complexity index is 1700. The van der Waals surface area contributed by atoms with Crippen molar-refractivity contribution in [2.24, 2.45) is 29.1 Å². The van der Waals surface area contributed by atoms with E-state index in [2.05, 4.69) is 31.4 Å². The molecule has 0 aromatic heterocycles. The molecule has 13 nitrogen and oxygen atoms in total. The number of carbonyl (C=O) groups excluding carboxylic acids is 3. The molecule has 0 spiro atoms. The first-order valence-electron chi connectivity index (χ1n) is 19.6. The first-order chi connectivity index (χ1) is 25.9. The first-order valence-corrected chi connectivity index (χ1v) is 19.6. The Labute approximate surface area is 327 Å². The number of aliphatic hydroxyl groups is 2. The van der Waals surface area contributed by atoms with Crippen molar-refractivity contribution in [3.05, 3.63) is 47.5 Å². The minimum absolute atomic E-state index is 0.0195. The van der Waals surface area contributed by atoms with Gasteiger partial charge in [0.2, 0.25) is 11.8 Å². The maximum absolute atomic E-state index is 14.3. The fraction of sp³-hybridized carbons (Fsp3) is 0.643. The van der Waals surface area contributed by atoms with E-state index in [1.807, 2.05) is 69.2 Å². The van der Waals surface area contributed by atoms with Crippen molar-refractivity contribution in [2.45, 2.75) is 84.3 Å². The monoisotopic (exact) mass is 764 g/mol. The van der Waals surface area contributed by atoms with E-state index >= 15 is 0 Å². The molecule has 0 unspecified atom stereocenters. The molecule has 9 atom stereocenters.